The first-order chi connectivity index (χ1) is 13.7. The molecule has 0 aliphatic carbocycles. The van der Waals surface area contributed by atoms with Crippen molar-refractivity contribution in [1.82, 2.24) is 19.4 Å². The Labute approximate surface area is 163 Å². The van der Waals surface area contributed by atoms with Crippen LogP contribution >= 0.6 is 0 Å². The van der Waals surface area contributed by atoms with Crippen LogP contribution < -0.4 is 9.47 Å². The van der Waals surface area contributed by atoms with Gasteiger partial charge in [-0.2, -0.15) is 0 Å². The second kappa shape index (κ2) is 5.98. The van der Waals surface area contributed by atoms with Crippen molar-refractivity contribution in [3.05, 3.63) is 42.0 Å². The zero-order valence-electron chi connectivity index (χ0n) is 16.0. The van der Waals surface area contributed by atoms with Gasteiger partial charge in [0.05, 0.1) is 6.04 Å². The minimum absolute atomic E-state index is 0.0551. The number of amides is 1. The zero-order chi connectivity index (χ0) is 18.8. The molecule has 0 N–H and O–H groups in total. The van der Waals surface area contributed by atoms with Crippen molar-refractivity contribution in [2.24, 2.45) is 13.0 Å². The number of carbonyl (C=O) groups excluding carboxylic acids is 1. The van der Waals surface area contributed by atoms with E-state index in [4.69, 9.17) is 9.47 Å². The number of carbonyl (C=O) groups is 1. The van der Waals surface area contributed by atoms with Gasteiger partial charge in [0.2, 0.25) is 6.79 Å². The van der Waals surface area contributed by atoms with Gasteiger partial charge < -0.3 is 18.9 Å². The summed E-state index contributed by atoms with van der Waals surface area (Å²) in [6.45, 7) is 3.29. The molecule has 6 heterocycles. The normalized spacial score (nSPS) is 32.6. The molecule has 5 aliphatic heterocycles. The van der Waals surface area contributed by atoms with Gasteiger partial charge >= 0.3 is 0 Å². The molecular weight excluding hydrogens is 356 g/mol. The van der Waals surface area contributed by atoms with Crippen molar-refractivity contribution in [1.29, 1.82) is 0 Å². The van der Waals surface area contributed by atoms with Crippen LogP contribution in [0.25, 0.3) is 0 Å². The zero-order valence-corrected chi connectivity index (χ0v) is 16.0. The molecule has 1 aromatic carbocycles. The molecule has 5 aliphatic rings. The Balaban J connectivity index is 1.39. The maximum absolute atomic E-state index is 13.4. The molecule has 146 valence electrons. The highest BCUT2D eigenvalue weighted by atomic mass is 16.7. The number of likely N-dealkylation sites (tertiary alicyclic amines) is 1. The van der Waals surface area contributed by atoms with Crippen molar-refractivity contribution in [3.63, 3.8) is 0 Å². The summed E-state index contributed by atoms with van der Waals surface area (Å²) in [4.78, 5) is 22.4. The summed E-state index contributed by atoms with van der Waals surface area (Å²) in [5, 5.41) is 0. The van der Waals surface area contributed by atoms with E-state index in [0.717, 1.165) is 31.1 Å². The van der Waals surface area contributed by atoms with Gasteiger partial charge in [0.25, 0.3) is 5.91 Å². The predicted octanol–water partition coefficient (Wildman–Crippen LogP) is 1.85. The molecule has 28 heavy (non-hydrogen) atoms. The average molecular weight is 380 g/mol. The van der Waals surface area contributed by atoms with E-state index in [1.54, 1.807) is 6.20 Å². The number of hydrogen-bond acceptors (Lipinski definition) is 5. The van der Waals surface area contributed by atoms with Gasteiger partial charge in [0.1, 0.15) is 0 Å². The Morgan fingerprint density at radius 3 is 2.75 bits per heavy atom. The molecule has 7 heteroatoms. The molecule has 0 spiro atoms. The largest absolute Gasteiger partial charge is 0.454 e. The van der Waals surface area contributed by atoms with Gasteiger partial charge in [-0.3, -0.25) is 9.69 Å². The first-order valence-corrected chi connectivity index (χ1v) is 10.1. The van der Waals surface area contributed by atoms with Crippen LogP contribution in [0.3, 0.4) is 0 Å². The molecule has 4 saturated heterocycles. The molecule has 0 unspecified atom stereocenters. The van der Waals surface area contributed by atoms with E-state index < -0.39 is 0 Å². The first kappa shape index (κ1) is 16.4. The highest BCUT2D eigenvalue weighted by Crippen LogP contribution is 2.48. The van der Waals surface area contributed by atoms with Crippen molar-refractivity contribution >= 4 is 5.91 Å². The van der Waals surface area contributed by atoms with Crippen LogP contribution in [-0.4, -0.2) is 63.8 Å². The SMILES string of the molecule is Cn1ccnc1C(=O)N1C[C@H](c2ccc3c(c2)OCO3)[C@H]2[C@@H]1C1CCN2CC1. The summed E-state index contributed by atoms with van der Waals surface area (Å²) in [7, 11) is 1.89. The molecule has 1 amide bonds. The van der Waals surface area contributed by atoms with Gasteiger partial charge in [0.15, 0.2) is 17.3 Å². The van der Waals surface area contributed by atoms with Crippen LogP contribution in [0.1, 0.15) is 34.9 Å². The van der Waals surface area contributed by atoms with Crippen LogP contribution in [0.5, 0.6) is 11.5 Å². The lowest BCUT2D eigenvalue weighted by Gasteiger charge is -2.51. The Kier molecular flexibility index (Phi) is 3.50. The third-order valence-corrected chi connectivity index (χ3v) is 7.09. The predicted molar refractivity (Wildman–Crippen MR) is 101 cm³/mol. The van der Waals surface area contributed by atoms with Gasteiger partial charge in [-0.1, -0.05) is 6.07 Å². The number of hydrogen-bond donors (Lipinski definition) is 0. The average Bonchev–Trinajstić information content (AvgIpc) is 3.46. The second-order valence-corrected chi connectivity index (χ2v) is 8.39. The third kappa shape index (κ3) is 2.25. The monoisotopic (exact) mass is 380 g/mol. The number of aromatic nitrogens is 2. The fraction of sp³-hybridized carbons (Fsp3) is 0.524. The van der Waals surface area contributed by atoms with E-state index in [1.165, 1.54) is 18.4 Å². The molecule has 7 nitrogen and oxygen atoms in total. The Morgan fingerprint density at radius 2 is 1.96 bits per heavy atom. The summed E-state index contributed by atoms with van der Waals surface area (Å²) >= 11 is 0. The Bertz CT molecular complexity index is 933. The maximum Gasteiger partial charge on any atom is 0.290 e. The van der Waals surface area contributed by atoms with Crippen LogP contribution in [0, 0.1) is 5.92 Å². The maximum atomic E-state index is 13.4. The highest BCUT2D eigenvalue weighted by molar-refractivity contribution is 5.91. The molecule has 2 bridgehead atoms. The summed E-state index contributed by atoms with van der Waals surface area (Å²) in [5.74, 6) is 3.08. The smallest absolute Gasteiger partial charge is 0.290 e. The number of rotatable bonds is 2. The summed E-state index contributed by atoms with van der Waals surface area (Å²) in [6, 6.07) is 6.90. The number of benzene rings is 1. The van der Waals surface area contributed by atoms with E-state index in [1.807, 2.05) is 23.9 Å². The number of ether oxygens (including phenoxy) is 2. The lowest BCUT2D eigenvalue weighted by Crippen LogP contribution is -2.60. The van der Waals surface area contributed by atoms with Crippen molar-refractivity contribution in [3.8, 4) is 11.5 Å². The number of piperidine rings is 3. The summed E-state index contributed by atoms with van der Waals surface area (Å²) in [6.07, 6.45) is 5.90. The molecule has 2 aromatic rings. The lowest BCUT2D eigenvalue weighted by atomic mass is 9.75. The fourth-order valence-electron chi connectivity index (χ4n) is 5.79. The quantitative estimate of drug-likeness (QED) is 0.796. The molecular formula is C21H24N4O3. The van der Waals surface area contributed by atoms with E-state index in [2.05, 4.69) is 26.9 Å². The van der Waals surface area contributed by atoms with Gasteiger partial charge in [-0.25, -0.2) is 4.98 Å². The first-order valence-electron chi connectivity index (χ1n) is 10.1. The second-order valence-electron chi connectivity index (χ2n) is 8.39. The standard InChI is InChI=1S/C21H24N4O3/c1-23-9-6-22-20(23)21(26)25-11-15(14-2-3-16-17(10-14)28-12-27-16)19-18(25)13-4-7-24(19)8-5-13/h2-3,6,9-10,13,15,18-19H,4-5,7-8,11-12H2,1H3/t15-,18+,19+/m1/s1. The number of aryl methyl sites for hydroxylation is 1. The van der Waals surface area contributed by atoms with Crippen molar-refractivity contribution in [2.45, 2.75) is 30.8 Å². The molecule has 7 rings (SSSR count). The van der Waals surface area contributed by atoms with Crippen LogP contribution in [-0.2, 0) is 7.05 Å². The molecule has 4 fully saturated rings. The molecule has 3 atom stereocenters. The van der Waals surface area contributed by atoms with Gasteiger partial charge in [-0.15, -0.1) is 0 Å². The lowest BCUT2D eigenvalue weighted by molar-refractivity contribution is -0.00388. The van der Waals surface area contributed by atoms with Crippen molar-refractivity contribution in [2.75, 3.05) is 26.4 Å². The van der Waals surface area contributed by atoms with Gasteiger partial charge in [0, 0.05) is 37.9 Å². The van der Waals surface area contributed by atoms with E-state index in [0.29, 0.717) is 17.8 Å². The Morgan fingerprint density at radius 1 is 1.14 bits per heavy atom. The number of nitrogens with zero attached hydrogens (tertiary/aromatic N) is 4. The topological polar surface area (TPSA) is 59.8 Å². The van der Waals surface area contributed by atoms with Crippen molar-refractivity contribution < 1.29 is 14.3 Å². The third-order valence-electron chi connectivity index (χ3n) is 7.09. The van der Waals surface area contributed by atoms with Crippen LogP contribution in [0.2, 0.25) is 0 Å². The van der Waals surface area contributed by atoms with E-state index >= 15 is 0 Å². The van der Waals surface area contributed by atoms with Crippen LogP contribution in [0.15, 0.2) is 30.6 Å². The highest BCUT2D eigenvalue weighted by Gasteiger charge is 2.55. The van der Waals surface area contributed by atoms with E-state index in [-0.39, 0.29) is 24.7 Å². The van der Waals surface area contributed by atoms with Gasteiger partial charge in [-0.05, 0) is 49.5 Å². The minimum Gasteiger partial charge on any atom is -0.454 e. The summed E-state index contributed by atoms with van der Waals surface area (Å²) < 4.78 is 12.9. The number of fused-ring (bicyclic) bond motifs is 3. The Hall–Kier alpha value is -2.54. The van der Waals surface area contributed by atoms with Crippen LogP contribution in [0.4, 0.5) is 0 Å². The molecule has 1 aromatic heterocycles. The molecule has 0 radical (unpaired) electrons. The summed E-state index contributed by atoms with van der Waals surface area (Å²) in [5.41, 5.74) is 1.24. The van der Waals surface area contributed by atoms with E-state index in [9.17, 15) is 4.79 Å². The minimum atomic E-state index is 0.0551. The number of imidazole rings is 1. The molecule has 0 saturated carbocycles. The fourth-order valence-corrected chi connectivity index (χ4v) is 5.79.